The van der Waals surface area contributed by atoms with Gasteiger partial charge in [-0.25, -0.2) is 0 Å². The Balaban J connectivity index is 2.17. The molecule has 94 valence electrons. The molecule has 0 bridgehead atoms. The van der Waals surface area contributed by atoms with Crippen molar-refractivity contribution in [2.24, 2.45) is 0 Å². The number of fused-ring (bicyclic) bond motifs is 1. The van der Waals surface area contributed by atoms with Crippen molar-refractivity contribution in [3.8, 4) is 0 Å². The Kier molecular flexibility index (Phi) is 4.40. The van der Waals surface area contributed by atoms with E-state index >= 15 is 0 Å². The van der Waals surface area contributed by atoms with Crippen LogP contribution in [-0.4, -0.2) is 11.4 Å². The average Bonchev–Trinajstić information content (AvgIpc) is 2.41. The molecule has 0 spiro atoms. The van der Waals surface area contributed by atoms with E-state index in [0.717, 1.165) is 25.8 Å². The number of unbranched alkanes of at least 4 members (excludes halogenated alkanes) is 1. The van der Waals surface area contributed by atoms with Gasteiger partial charge in [-0.05, 0) is 36.5 Å². The lowest BCUT2D eigenvalue weighted by molar-refractivity contribution is 0.276. The SMILES string of the molecule is C=CCCCN1C=Cc2ccccc2C1CC=C. The molecule has 2 rings (SSSR count). The van der Waals surface area contributed by atoms with Crippen molar-refractivity contribution in [2.75, 3.05) is 6.54 Å². The molecule has 0 radical (unpaired) electrons. The summed E-state index contributed by atoms with van der Waals surface area (Å²) in [6, 6.07) is 9.07. The van der Waals surface area contributed by atoms with Gasteiger partial charge in [0, 0.05) is 12.7 Å². The van der Waals surface area contributed by atoms with Crippen LogP contribution in [0.1, 0.15) is 36.4 Å². The molecule has 0 fully saturated rings. The van der Waals surface area contributed by atoms with Gasteiger partial charge in [0.05, 0.1) is 6.04 Å². The summed E-state index contributed by atoms with van der Waals surface area (Å²) in [6.45, 7) is 8.75. The Morgan fingerprint density at radius 2 is 2.00 bits per heavy atom. The first-order valence-electron chi connectivity index (χ1n) is 6.61. The standard InChI is InChI=1S/C17H21N/c1-3-5-8-13-18-14-12-15-10-6-7-11-16(15)17(18)9-4-2/h3-4,6-7,10-12,14,17H,1-2,5,8-9,13H2. The molecule has 0 aliphatic carbocycles. The van der Waals surface area contributed by atoms with Gasteiger partial charge >= 0.3 is 0 Å². The van der Waals surface area contributed by atoms with Gasteiger partial charge in [-0.3, -0.25) is 0 Å². The molecule has 0 N–H and O–H groups in total. The second-order valence-corrected chi connectivity index (χ2v) is 4.65. The van der Waals surface area contributed by atoms with E-state index in [-0.39, 0.29) is 0 Å². The van der Waals surface area contributed by atoms with Crippen LogP contribution >= 0.6 is 0 Å². The highest BCUT2D eigenvalue weighted by molar-refractivity contribution is 5.57. The van der Waals surface area contributed by atoms with E-state index in [2.05, 4.69) is 54.6 Å². The maximum atomic E-state index is 3.89. The summed E-state index contributed by atoms with van der Waals surface area (Å²) < 4.78 is 0. The van der Waals surface area contributed by atoms with Crippen LogP contribution in [0.2, 0.25) is 0 Å². The number of rotatable bonds is 6. The first-order valence-corrected chi connectivity index (χ1v) is 6.61. The lowest BCUT2D eigenvalue weighted by Crippen LogP contribution is -2.27. The Hall–Kier alpha value is -1.76. The normalized spacial score (nSPS) is 17.3. The Morgan fingerprint density at radius 1 is 1.17 bits per heavy atom. The number of allylic oxidation sites excluding steroid dienone is 1. The van der Waals surface area contributed by atoms with Crippen molar-refractivity contribution in [3.63, 3.8) is 0 Å². The maximum Gasteiger partial charge on any atom is 0.0577 e. The summed E-state index contributed by atoms with van der Waals surface area (Å²) in [5.74, 6) is 0. The van der Waals surface area contributed by atoms with E-state index in [0.29, 0.717) is 6.04 Å². The monoisotopic (exact) mass is 239 g/mol. The van der Waals surface area contributed by atoms with E-state index < -0.39 is 0 Å². The van der Waals surface area contributed by atoms with Crippen molar-refractivity contribution >= 4 is 6.08 Å². The van der Waals surface area contributed by atoms with E-state index in [1.165, 1.54) is 11.1 Å². The first kappa shape index (κ1) is 12.7. The lowest BCUT2D eigenvalue weighted by atomic mass is 9.94. The molecule has 1 heterocycles. The third-order valence-electron chi connectivity index (χ3n) is 3.42. The van der Waals surface area contributed by atoms with Crippen LogP contribution in [0.5, 0.6) is 0 Å². The fourth-order valence-corrected chi connectivity index (χ4v) is 2.49. The molecule has 1 heteroatoms. The summed E-state index contributed by atoms with van der Waals surface area (Å²) in [4.78, 5) is 2.42. The molecule has 0 saturated heterocycles. The minimum Gasteiger partial charge on any atom is -0.370 e. The molecule has 1 atom stereocenters. The summed E-state index contributed by atoms with van der Waals surface area (Å²) >= 11 is 0. The van der Waals surface area contributed by atoms with Gasteiger partial charge in [-0.2, -0.15) is 0 Å². The van der Waals surface area contributed by atoms with Crippen molar-refractivity contribution in [3.05, 3.63) is 66.9 Å². The molecule has 1 nitrogen and oxygen atoms in total. The average molecular weight is 239 g/mol. The lowest BCUT2D eigenvalue weighted by Gasteiger charge is -2.34. The highest BCUT2D eigenvalue weighted by Crippen LogP contribution is 2.32. The second-order valence-electron chi connectivity index (χ2n) is 4.65. The van der Waals surface area contributed by atoms with Gasteiger partial charge < -0.3 is 4.90 Å². The van der Waals surface area contributed by atoms with Gasteiger partial charge in [0.2, 0.25) is 0 Å². The molecule has 1 aromatic carbocycles. The molecule has 0 saturated carbocycles. The Labute approximate surface area is 110 Å². The Morgan fingerprint density at radius 3 is 2.78 bits per heavy atom. The number of benzene rings is 1. The minimum absolute atomic E-state index is 0.438. The van der Waals surface area contributed by atoms with Gasteiger partial charge in [-0.15, -0.1) is 13.2 Å². The molecule has 1 unspecified atom stereocenters. The van der Waals surface area contributed by atoms with Gasteiger partial charge in [0.15, 0.2) is 0 Å². The predicted molar refractivity (Wildman–Crippen MR) is 79.2 cm³/mol. The minimum atomic E-state index is 0.438. The van der Waals surface area contributed by atoms with Crippen molar-refractivity contribution in [2.45, 2.75) is 25.3 Å². The van der Waals surface area contributed by atoms with Crippen LogP contribution in [0.15, 0.2) is 55.8 Å². The fraction of sp³-hybridized carbons (Fsp3) is 0.294. The van der Waals surface area contributed by atoms with Crippen LogP contribution in [0.4, 0.5) is 0 Å². The second kappa shape index (κ2) is 6.25. The zero-order valence-corrected chi connectivity index (χ0v) is 10.9. The van der Waals surface area contributed by atoms with Crippen LogP contribution < -0.4 is 0 Å². The quantitative estimate of drug-likeness (QED) is 0.519. The highest BCUT2D eigenvalue weighted by Gasteiger charge is 2.21. The van der Waals surface area contributed by atoms with Crippen molar-refractivity contribution < 1.29 is 0 Å². The zero-order valence-electron chi connectivity index (χ0n) is 10.9. The third kappa shape index (κ3) is 2.73. The summed E-state index contributed by atoms with van der Waals surface area (Å²) in [6.07, 6.45) is 11.7. The predicted octanol–water partition coefficient (Wildman–Crippen LogP) is 4.56. The molecule has 1 aromatic rings. The number of nitrogens with zero attached hydrogens (tertiary/aromatic N) is 1. The number of hydrogen-bond acceptors (Lipinski definition) is 1. The largest absolute Gasteiger partial charge is 0.370 e. The molecule has 1 aliphatic heterocycles. The molecule has 0 aromatic heterocycles. The van der Waals surface area contributed by atoms with Crippen LogP contribution in [-0.2, 0) is 0 Å². The molecule has 0 amide bonds. The summed E-state index contributed by atoms with van der Waals surface area (Å²) in [5.41, 5.74) is 2.75. The van der Waals surface area contributed by atoms with Crippen molar-refractivity contribution in [1.29, 1.82) is 0 Å². The van der Waals surface area contributed by atoms with Crippen molar-refractivity contribution in [1.82, 2.24) is 4.90 Å². The first-order chi connectivity index (χ1) is 8.86. The molecular formula is C17H21N. The van der Waals surface area contributed by atoms with E-state index in [4.69, 9.17) is 0 Å². The number of hydrogen-bond donors (Lipinski definition) is 0. The van der Waals surface area contributed by atoms with Crippen LogP contribution in [0.3, 0.4) is 0 Å². The summed E-state index contributed by atoms with van der Waals surface area (Å²) in [5, 5.41) is 0. The smallest absolute Gasteiger partial charge is 0.0577 e. The molecule has 18 heavy (non-hydrogen) atoms. The van der Waals surface area contributed by atoms with Gasteiger partial charge in [0.25, 0.3) is 0 Å². The van der Waals surface area contributed by atoms with Crippen LogP contribution in [0, 0.1) is 0 Å². The fourth-order valence-electron chi connectivity index (χ4n) is 2.49. The molecule has 1 aliphatic rings. The Bertz CT molecular complexity index is 445. The van der Waals surface area contributed by atoms with Gasteiger partial charge in [-0.1, -0.05) is 36.4 Å². The third-order valence-corrected chi connectivity index (χ3v) is 3.42. The van der Waals surface area contributed by atoms with E-state index in [1.807, 2.05) is 12.2 Å². The van der Waals surface area contributed by atoms with E-state index in [1.54, 1.807) is 0 Å². The maximum absolute atomic E-state index is 3.89. The molecular weight excluding hydrogens is 218 g/mol. The van der Waals surface area contributed by atoms with Gasteiger partial charge in [0.1, 0.15) is 0 Å². The highest BCUT2D eigenvalue weighted by atomic mass is 15.1. The zero-order chi connectivity index (χ0) is 12.8. The van der Waals surface area contributed by atoms with Crippen LogP contribution in [0.25, 0.3) is 6.08 Å². The summed E-state index contributed by atoms with van der Waals surface area (Å²) in [7, 11) is 0. The van der Waals surface area contributed by atoms with E-state index in [9.17, 15) is 0 Å². The topological polar surface area (TPSA) is 3.24 Å².